The summed E-state index contributed by atoms with van der Waals surface area (Å²) in [4.78, 5) is 10.6. The molecular formula is C10H12O5. The van der Waals surface area contributed by atoms with Crippen LogP contribution in [0.2, 0.25) is 0 Å². The zero-order chi connectivity index (χ0) is 11.4. The maximum Gasteiger partial charge on any atom is 0.335 e. The monoisotopic (exact) mass is 212 g/mol. The van der Waals surface area contributed by atoms with Gasteiger partial charge in [0.15, 0.2) is 0 Å². The van der Waals surface area contributed by atoms with Crippen molar-refractivity contribution < 1.29 is 25.2 Å². The number of aliphatic hydroxyl groups excluding tert-OH is 3. The van der Waals surface area contributed by atoms with Gasteiger partial charge >= 0.3 is 5.97 Å². The van der Waals surface area contributed by atoms with E-state index in [9.17, 15) is 9.90 Å². The number of benzene rings is 1. The lowest BCUT2D eigenvalue weighted by Gasteiger charge is -2.15. The summed E-state index contributed by atoms with van der Waals surface area (Å²) in [5.41, 5.74) is 0.285. The Hall–Kier alpha value is -1.43. The van der Waals surface area contributed by atoms with Crippen molar-refractivity contribution in [2.75, 3.05) is 6.61 Å². The van der Waals surface area contributed by atoms with Crippen molar-refractivity contribution in [2.45, 2.75) is 12.2 Å². The summed E-state index contributed by atoms with van der Waals surface area (Å²) in [5, 5.41) is 36.0. The van der Waals surface area contributed by atoms with Crippen LogP contribution in [0.5, 0.6) is 0 Å². The average molecular weight is 212 g/mol. The minimum atomic E-state index is -1.31. The Morgan fingerprint density at radius 1 is 1.33 bits per heavy atom. The van der Waals surface area contributed by atoms with Gasteiger partial charge in [0.25, 0.3) is 0 Å². The summed E-state index contributed by atoms with van der Waals surface area (Å²) >= 11 is 0. The molecule has 0 heterocycles. The van der Waals surface area contributed by atoms with Crippen LogP contribution in [0.15, 0.2) is 24.3 Å². The van der Waals surface area contributed by atoms with Gasteiger partial charge in [-0.1, -0.05) is 12.1 Å². The Labute approximate surface area is 86.2 Å². The Morgan fingerprint density at radius 3 is 2.53 bits per heavy atom. The summed E-state index contributed by atoms with van der Waals surface area (Å²) in [6.45, 7) is -0.585. The van der Waals surface area contributed by atoms with Crippen molar-refractivity contribution in [1.82, 2.24) is 0 Å². The van der Waals surface area contributed by atoms with Crippen molar-refractivity contribution in [2.24, 2.45) is 0 Å². The number of carboxylic acid groups (broad SMARTS) is 1. The van der Waals surface area contributed by atoms with Crippen LogP contribution in [0.3, 0.4) is 0 Å². The maximum atomic E-state index is 10.6. The first-order valence-corrected chi connectivity index (χ1v) is 4.36. The second kappa shape index (κ2) is 4.88. The minimum absolute atomic E-state index is 0.0247. The Kier molecular flexibility index (Phi) is 3.79. The van der Waals surface area contributed by atoms with Crippen LogP contribution < -0.4 is 0 Å². The van der Waals surface area contributed by atoms with Crippen molar-refractivity contribution in [3.05, 3.63) is 35.4 Å². The van der Waals surface area contributed by atoms with Gasteiger partial charge in [-0.25, -0.2) is 4.79 Å². The van der Waals surface area contributed by atoms with Crippen LogP contribution in [0.25, 0.3) is 0 Å². The SMILES string of the molecule is O=C(O)c1cccc(C(O)C(O)CO)c1. The highest BCUT2D eigenvalue weighted by molar-refractivity contribution is 5.87. The predicted octanol–water partition coefficient (Wildman–Crippen LogP) is -0.229. The number of aromatic carboxylic acids is 1. The molecule has 0 amide bonds. The number of carbonyl (C=O) groups is 1. The van der Waals surface area contributed by atoms with Gasteiger partial charge in [-0.3, -0.25) is 0 Å². The van der Waals surface area contributed by atoms with Crippen LogP contribution in [0.4, 0.5) is 0 Å². The number of rotatable bonds is 4. The first kappa shape index (κ1) is 11.6. The molecule has 0 radical (unpaired) electrons. The third-order valence-corrected chi connectivity index (χ3v) is 2.03. The van der Waals surface area contributed by atoms with Gasteiger partial charge in [0.1, 0.15) is 12.2 Å². The van der Waals surface area contributed by atoms with E-state index in [-0.39, 0.29) is 11.1 Å². The van der Waals surface area contributed by atoms with Gasteiger partial charge in [-0.15, -0.1) is 0 Å². The Bertz CT molecular complexity index is 349. The van der Waals surface area contributed by atoms with Crippen molar-refractivity contribution in [1.29, 1.82) is 0 Å². The molecule has 15 heavy (non-hydrogen) atoms. The van der Waals surface area contributed by atoms with Crippen LogP contribution >= 0.6 is 0 Å². The molecule has 0 aliphatic carbocycles. The summed E-state index contributed by atoms with van der Waals surface area (Å²) in [7, 11) is 0. The number of aliphatic hydroxyl groups is 3. The quantitative estimate of drug-likeness (QED) is 0.552. The highest BCUT2D eigenvalue weighted by Crippen LogP contribution is 2.17. The van der Waals surface area contributed by atoms with Gasteiger partial charge in [0.05, 0.1) is 12.2 Å². The standard InChI is InChI=1S/C10H12O5/c11-5-8(12)9(13)6-2-1-3-7(4-6)10(14)15/h1-4,8-9,11-13H,5H2,(H,14,15). The lowest BCUT2D eigenvalue weighted by atomic mass is 10.0. The molecule has 5 heteroatoms. The van der Waals surface area contributed by atoms with Crippen LogP contribution in [0.1, 0.15) is 22.0 Å². The molecule has 0 aromatic heterocycles. The number of carboxylic acids is 1. The minimum Gasteiger partial charge on any atom is -0.478 e. The van der Waals surface area contributed by atoms with E-state index in [1.807, 2.05) is 0 Å². The van der Waals surface area contributed by atoms with Gasteiger partial charge in [0.2, 0.25) is 0 Å². The second-order valence-corrected chi connectivity index (χ2v) is 3.13. The molecule has 0 bridgehead atoms. The van der Waals surface area contributed by atoms with E-state index < -0.39 is 24.8 Å². The third kappa shape index (κ3) is 2.76. The van der Waals surface area contributed by atoms with E-state index in [4.69, 9.17) is 15.3 Å². The van der Waals surface area contributed by atoms with Crippen molar-refractivity contribution in [3.8, 4) is 0 Å². The van der Waals surface area contributed by atoms with E-state index in [1.165, 1.54) is 24.3 Å². The molecule has 0 saturated heterocycles. The first-order valence-electron chi connectivity index (χ1n) is 4.36. The van der Waals surface area contributed by atoms with E-state index in [2.05, 4.69) is 0 Å². The summed E-state index contributed by atoms with van der Waals surface area (Å²) < 4.78 is 0. The lowest BCUT2D eigenvalue weighted by Crippen LogP contribution is -2.22. The van der Waals surface area contributed by atoms with E-state index in [1.54, 1.807) is 0 Å². The fourth-order valence-electron chi connectivity index (χ4n) is 1.18. The normalized spacial score (nSPS) is 14.6. The van der Waals surface area contributed by atoms with Crippen molar-refractivity contribution in [3.63, 3.8) is 0 Å². The van der Waals surface area contributed by atoms with E-state index in [0.29, 0.717) is 0 Å². The second-order valence-electron chi connectivity index (χ2n) is 3.13. The molecule has 0 aliphatic rings. The fraction of sp³-hybridized carbons (Fsp3) is 0.300. The molecule has 1 aromatic rings. The summed E-state index contributed by atoms with van der Waals surface area (Å²) in [6.07, 6.45) is -2.59. The largest absolute Gasteiger partial charge is 0.478 e. The molecule has 5 nitrogen and oxygen atoms in total. The van der Waals surface area contributed by atoms with Crippen LogP contribution in [-0.2, 0) is 0 Å². The Balaban J connectivity index is 2.94. The van der Waals surface area contributed by atoms with E-state index >= 15 is 0 Å². The molecule has 0 aliphatic heterocycles. The molecule has 1 aromatic carbocycles. The molecule has 0 fully saturated rings. The smallest absolute Gasteiger partial charge is 0.335 e. The topological polar surface area (TPSA) is 98.0 Å². The molecule has 0 saturated carbocycles. The van der Waals surface area contributed by atoms with Gasteiger partial charge in [-0.05, 0) is 17.7 Å². The lowest BCUT2D eigenvalue weighted by molar-refractivity contribution is -0.0152. The highest BCUT2D eigenvalue weighted by atomic mass is 16.4. The predicted molar refractivity (Wildman–Crippen MR) is 51.5 cm³/mol. The van der Waals surface area contributed by atoms with Gasteiger partial charge in [0, 0.05) is 0 Å². The summed E-state index contributed by atoms with van der Waals surface area (Å²) in [5.74, 6) is -1.11. The highest BCUT2D eigenvalue weighted by Gasteiger charge is 2.18. The average Bonchev–Trinajstić information content (AvgIpc) is 2.27. The van der Waals surface area contributed by atoms with Gasteiger partial charge in [-0.2, -0.15) is 0 Å². The molecular weight excluding hydrogens is 200 g/mol. The maximum absolute atomic E-state index is 10.6. The van der Waals surface area contributed by atoms with Crippen LogP contribution in [-0.4, -0.2) is 39.1 Å². The molecule has 2 unspecified atom stereocenters. The zero-order valence-electron chi connectivity index (χ0n) is 7.87. The molecule has 4 N–H and O–H groups in total. The molecule has 2 atom stereocenters. The molecule has 82 valence electrons. The van der Waals surface area contributed by atoms with Crippen molar-refractivity contribution >= 4 is 5.97 Å². The molecule has 0 spiro atoms. The van der Waals surface area contributed by atoms with Crippen LogP contribution in [0, 0.1) is 0 Å². The zero-order valence-corrected chi connectivity index (χ0v) is 7.87. The van der Waals surface area contributed by atoms with E-state index in [0.717, 1.165) is 0 Å². The fourth-order valence-corrected chi connectivity index (χ4v) is 1.18. The first-order chi connectivity index (χ1) is 7.06. The summed E-state index contributed by atoms with van der Waals surface area (Å²) in [6, 6.07) is 5.58. The molecule has 1 rings (SSSR count). The third-order valence-electron chi connectivity index (χ3n) is 2.03. The van der Waals surface area contributed by atoms with Gasteiger partial charge < -0.3 is 20.4 Å². The Morgan fingerprint density at radius 2 is 2.00 bits per heavy atom. The number of hydrogen-bond donors (Lipinski definition) is 4. The number of hydrogen-bond acceptors (Lipinski definition) is 4.